The van der Waals surface area contributed by atoms with Crippen molar-refractivity contribution in [1.29, 1.82) is 0 Å². The van der Waals surface area contributed by atoms with Gasteiger partial charge in [-0.2, -0.15) is 26.3 Å². The molecule has 4 nitrogen and oxygen atoms in total. The molecule has 39 heavy (non-hydrogen) atoms. The number of nitrogens with zero attached hydrogens (tertiary/aromatic N) is 1. The Morgan fingerprint density at radius 3 is 2.28 bits per heavy atom. The molecule has 1 heterocycles. The van der Waals surface area contributed by atoms with Crippen molar-refractivity contribution >= 4 is 28.7 Å². The SMILES string of the molecule is O=C([O-])c1cc(C2=C(c3cc(C(F)(F)F)ccc3OCc3ccc(Cl)cc3F)CCC2)cnc1C(F)(F)F.[Na+]. The van der Waals surface area contributed by atoms with Crippen LogP contribution < -0.4 is 39.4 Å². The monoisotopic (exact) mass is 581 g/mol. The number of hydrogen-bond donors (Lipinski definition) is 0. The molecule has 1 aromatic heterocycles. The number of alkyl halides is 6. The van der Waals surface area contributed by atoms with Gasteiger partial charge >= 0.3 is 41.9 Å². The molecule has 1 aliphatic carbocycles. The van der Waals surface area contributed by atoms with Crippen molar-refractivity contribution in [2.75, 3.05) is 0 Å². The van der Waals surface area contributed by atoms with E-state index in [1.165, 1.54) is 12.1 Å². The first-order valence-electron chi connectivity index (χ1n) is 11.0. The number of halogens is 8. The van der Waals surface area contributed by atoms with Crippen LogP contribution in [-0.4, -0.2) is 11.0 Å². The molecule has 0 bridgehead atoms. The summed E-state index contributed by atoms with van der Waals surface area (Å²) >= 11 is 5.74. The van der Waals surface area contributed by atoms with E-state index in [1.54, 1.807) is 0 Å². The topological polar surface area (TPSA) is 62.2 Å². The fourth-order valence-corrected chi connectivity index (χ4v) is 4.39. The van der Waals surface area contributed by atoms with Crippen LogP contribution in [0.3, 0.4) is 0 Å². The third-order valence-electron chi connectivity index (χ3n) is 5.97. The summed E-state index contributed by atoms with van der Waals surface area (Å²) in [5.74, 6) is -2.81. The number of allylic oxidation sites excluding steroid dienone is 2. The summed E-state index contributed by atoms with van der Waals surface area (Å²) in [6, 6.07) is 7.29. The van der Waals surface area contributed by atoms with Crippen molar-refractivity contribution in [3.8, 4) is 5.75 Å². The second kappa shape index (κ2) is 11.9. The molecule has 0 unspecified atom stereocenters. The van der Waals surface area contributed by atoms with Gasteiger partial charge < -0.3 is 14.6 Å². The Hall–Kier alpha value is -2.60. The third kappa shape index (κ3) is 6.95. The van der Waals surface area contributed by atoms with E-state index in [4.69, 9.17) is 16.3 Å². The van der Waals surface area contributed by atoms with Crippen molar-refractivity contribution in [3.05, 3.63) is 93.0 Å². The molecule has 0 spiro atoms. The van der Waals surface area contributed by atoms with Gasteiger partial charge in [-0.25, -0.2) is 4.39 Å². The van der Waals surface area contributed by atoms with Crippen LogP contribution in [0.2, 0.25) is 5.02 Å². The van der Waals surface area contributed by atoms with Gasteiger partial charge in [-0.3, -0.25) is 4.98 Å². The van der Waals surface area contributed by atoms with Crippen LogP contribution in [0.5, 0.6) is 5.75 Å². The number of rotatable bonds is 6. The Bertz CT molecular complexity index is 1440. The van der Waals surface area contributed by atoms with E-state index >= 15 is 0 Å². The van der Waals surface area contributed by atoms with Gasteiger partial charge in [0.1, 0.15) is 18.2 Å². The van der Waals surface area contributed by atoms with E-state index in [9.17, 15) is 40.6 Å². The van der Waals surface area contributed by atoms with Crippen molar-refractivity contribution < 1.29 is 74.9 Å². The molecule has 200 valence electrons. The molecule has 0 saturated carbocycles. The molecule has 4 rings (SSSR count). The van der Waals surface area contributed by atoms with E-state index < -0.39 is 41.0 Å². The third-order valence-corrected chi connectivity index (χ3v) is 6.21. The van der Waals surface area contributed by atoms with Crippen LogP contribution in [0.1, 0.15) is 57.6 Å². The minimum Gasteiger partial charge on any atom is -0.545 e. The van der Waals surface area contributed by atoms with Gasteiger partial charge in [0.05, 0.1) is 11.5 Å². The number of carbonyl (C=O) groups excluding carboxylic acids is 1. The minimum atomic E-state index is -5.06. The number of aromatic nitrogens is 1. The Kier molecular flexibility index (Phi) is 9.42. The number of hydrogen-bond acceptors (Lipinski definition) is 4. The van der Waals surface area contributed by atoms with E-state index in [0.717, 1.165) is 36.5 Å². The zero-order valence-electron chi connectivity index (χ0n) is 20.1. The molecule has 3 aromatic rings. The Labute approximate surface area is 244 Å². The van der Waals surface area contributed by atoms with Crippen LogP contribution in [-0.2, 0) is 19.0 Å². The van der Waals surface area contributed by atoms with Crippen molar-refractivity contribution in [2.45, 2.75) is 38.2 Å². The normalized spacial score (nSPS) is 13.8. The molecular weight excluding hydrogens is 566 g/mol. The van der Waals surface area contributed by atoms with Crippen LogP contribution >= 0.6 is 11.6 Å². The fourth-order valence-electron chi connectivity index (χ4n) is 4.23. The molecule has 0 aliphatic heterocycles. The van der Waals surface area contributed by atoms with Gasteiger partial charge in [0.2, 0.25) is 0 Å². The van der Waals surface area contributed by atoms with Gasteiger partial charge in [0, 0.05) is 27.9 Å². The van der Waals surface area contributed by atoms with E-state index in [1.807, 2.05) is 0 Å². The first kappa shape index (κ1) is 30.9. The van der Waals surface area contributed by atoms with Crippen LogP contribution in [0, 0.1) is 5.82 Å². The smallest absolute Gasteiger partial charge is 0.545 e. The van der Waals surface area contributed by atoms with Gasteiger partial charge in [0.15, 0.2) is 5.69 Å². The van der Waals surface area contributed by atoms with E-state index in [-0.39, 0.29) is 76.5 Å². The van der Waals surface area contributed by atoms with Gasteiger partial charge in [-0.05, 0) is 72.4 Å². The summed E-state index contributed by atoms with van der Waals surface area (Å²) in [5, 5.41) is 11.6. The first-order valence-corrected chi connectivity index (χ1v) is 11.4. The van der Waals surface area contributed by atoms with Crippen LogP contribution in [0.15, 0.2) is 48.7 Å². The maximum absolute atomic E-state index is 14.2. The summed E-state index contributed by atoms with van der Waals surface area (Å²) < 4.78 is 100. The predicted octanol–water partition coefficient (Wildman–Crippen LogP) is 3.95. The molecule has 0 atom stereocenters. The molecule has 2 aromatic carbocycles. The summed E-state index contributed by atoms with van der Waals surface area (Å²) in [5.41, 5.74) is -3.12. The molecule has 0 radical (unpaired) electrons. The number of pyridine rings is 1. The number of benzene rings is 2. The maximum Gasteiger partial charge on any atom is 1.00 e. The van der Waals surface area contributed by atoms with Crippen molar-refractivity contribution in [1.82, 2.24) is 4.98 Å². The fraction of sp³-hybridized carbons (Fsp3) is 0.231. The summed E-state index contributed by atoms with van der Waals surface area (Å²) in [6.07, 6.45) is -8.06. The molecule has 13 heteroatoms. The molecule has 0 amide bonds. The number of carboxylic acids is 1. The number of ether oxygens (including phenoxy) is 1. The minimum absolute atomic E-state index is 0. The largest absolute Gasteiger partial charge is 1.00 e. The van der Waals surface area contributed by atoms with Crippen molar-refractivity contribution in [2.24, 2.45) is 0 Å². The number of carboxylic acid groups (broad SMARTS) is 1. The predicted molar refractivity (Wildman–Crippen MR) is 121 cm³/mol. The summed E-state index contributed by atoms with van der Waals surface area (Å²) in [4.78, 5) is 14.7. The van der Waals surface area contributed by atoms with E-state index in [0.29, 0.717) is 17.6 Å². The average Bonchev–Trinajstić information content (AvgIpc) is 3.31. The summed E-state index contributed by atoms with van der Waals surface area (Å²) in [6.45, 7) is -0.347. The second-order valence-electron chi connectivity index (χ2n) is 8.45. The zero-order valence-corrected chi connectivity index (χ0v) is 22.9. The van der Waals surface area contributed by atoms with Gasteiger partial charge in [-0.1, -0.05) is 17.7 Å². The number of aromatic carboxylic acids is 1. The Balaban J connectivity index is 0.00000420. The molecular formula is C26H16ClF7NNaO3. The number of carbonyl (C=O) groups is 1. The van der Waals surface area contributed by atoms with Crippen LogP contribution in [0.25, 0.3) is 11.1 Å². The Morgan fingerprint density at radius 2 is 1.67 bits per heavy atom. The van der Waals surface area contributed by atoms with Gasteiger partial charge in [-0.15, -0.1) is 0 Å². The summed E-state index contributed by atoms with van der Waals surface area (Å²) in [7, 11) is 0. The first-order chi connectivity index (χ1) is 17.8. The average molecular weight is 582 g/mol. The maximum atomic E-state index is 14.2. The molecule has 0 N–H and O–H groups in total. The molecule has 0 saturated heterocycles. The Morgan fingerprint density at radius 1 is 0.974 bits per heavy atom. The quantitative estimate of drug-likeness (QED) is 0.327. The van der Waals surface area contributed by atoms with Gasteiger partial charge in [0.25, 0.3) is 0 Å². The van der Waals surface area contributed by atoms with E-state index in [2.05, 4.69) is 4.98 Å². The van der Waals surface area contributed by atoms with Crippen molar-refractivity contribution in [3.63, 3.8) is 0 Å². The second-order valence-corrected chi connectivity index (χ2v) is 8.89. The zero-order chi connectivity index (χ0) is 27.8. The van der Waals surface area contributed by atoms with Crippen LogP contribution in [0.4, 0.5) is 30.7 Å². The molecule has 0 fully saturated rings. The molecule has 1 aliphatic rings. The standard InChI is InChI=1S/C26H17ClF7NO3.Na/c27-16-6-4-13(21(28)10-16)12-38-22-7-5-15(25(29,30)31)9-19(22)18-3-1-2-17(18)14-8-20(24(36)37)23(35-11-14)26(32,33)34;/h4-11H,1-3,12H2,(H,36,37);/q;+1/p-1.